The van der Waals surface area contributed by atoms with Crippen LogP contribution in [0.3, 0.4) is 0 Å². The van der Waals surface area contributed by atoms with E-state index >= 15 is 0 Å². The lowest BCUT2D eigenvalue weighted by atomic mass is 10.2. The third kappa shape index (κ3) is 3.96. The van der Waals surface area contributed by atoms with Crippen molar-refractivity contribution in [1.29, 1.82) is 0 Å². The van der Waals surface area contributed by atoms with Crippen molar-refractivity contribution in [2.45, 2.75) is 13.5 Å². The van der Waals surface area contributed by atoms with Crippen LogP contribution in [0.15, 0.2) is 48.5 Å². The molecule has 1 amide bonds. The van der Waals surface area contributed by atoms with Gasteiger partial charge in [0.2, 0.25) is 0 Å². The summed E-state index contributed by atoms with van der Waals surface area (Å²) in [6, 6.07) is 15.3. The third-order valence-electron chi connectivity index (χ3n) is 2.78. The Labute approximate surface area is 132 Å². The standard InChI is InChI=1S/C16H16INO2/c1-2-20-13-7-5-6-12(10-13)11-18-16(19)14-8-3-4-9-15(14)17/h3-10H,2,11H2,1H3,(H,18,19). The van der Waals surface area contributed by atoms with Gasteiger partial charge in [-0.15, -0.1) is 0 Å². The minimum Gasteiger partial charge on any atom is -0.494 e. The second kappa shape index (κ2) is 7.28. The molecular weight excluding hydrogens is 365 g/mol. The first-order valence-corrected chi connectivity index (χ1v) is 7.53. The Hall–Kier alpha value is -1.56. The zero-order valence-electron chi connectivity index (χ0n) is 11.2. The largest absolute Gasteiger partial charge is 0.494 e. The average Bonchev–Trinajstić information content (AvgIpc) is 2.46. The summed E-state index contributed by atoms with van der Waals surface area (Å²) in [5, 5.41) is 2.93. The van der Waals surface area contributed by atoms with Gasteiger partial charge in [0.25, 0.3) is 5.91 Å². The number of hydrogen-bond acceptors (Lipinski definition) is 2. The van der Waals surface area contributed by atoms with Gasteiger partial charge in [0, 0.05) is 10.1 Å². The summed E-state index contributed by atoms with van der Waals surface area (Å²) in [5.74, 6) is 0.769. The van der Waals surface area contributed by atoms with Crippen LogP contribution in [0, 0.1) is 3.57 Å². The van der Waals surface area contributed by atoms with Crippen LogP contribution in [-0.2, 0) is 6.54 Å². The van der Waals surface area contributed by atoms with Crippen LogP contribution in [0.1, 0.15) is 22.8 Å². The van der Waals surface area contributed by atoms with Crippen molar-refractivity contribution in [3.05, 3.63) is 63.2 Å². The predicted octanol–water partition coefficient (Wildman–Crippen LogP) is 3.62. The Bertz CT molecular complexity index is 599. The number of hydrogen-bond donors (Lipinski definition) is 1. The molecule has 0 saturated carbocycles. The smallest absolute Gasteiger partial charge is 0.252 e. The lowest BCUT2D eigenvalue weighted by molar-refractivity contribution is 0.0950. The van der Waals surface area contributed by atoms with Crippen LogP contribution in [-0.4, -0.2) is 12.5 Å². The van der Waals surface area contributed by atoms with E-state index < -0.39 is 0 Å². The molecule has 1 N–H and O–H groups in total. The van der Waals surface area contributed by atoms with Gasteiger partial charge in [0.05, 0.1) is 12.2 Å². The van der Waals surface area contributed by atoms with Crippen LogP contribution in [0.5, 0.6) is 5.75 Å². The van der Waals surface area contributed by atoms with Crippen molar-refractivity contribution in [2.24, 2.45) is 0 Å². The first-order valence-electron chi connectivity index (χ1n) is 6.45. The number of benzene rings is 2. The SMILES string of the molecule is CCOc1cccc(CNC(=O)c2ccccc2I)c1. The molecule has 2 rings (SSSR count). The number of carbonyl (C=O) groups excluding carboxylic acids is 1. The second-order valence-electron chi connectivity index (χ2n) is 4.24. The maximum absolute atomic E-state index is 12.1. The molecule has 0 saturated heterocycles. The molecule has 0 fully saturated rings. The van der Waals surface area contributed by atoms with Gasteiger partial charge in [-0.3, -0.25) is 4.79 Å². The Morgan fingerprint density at radius 2 is 2.00 bits per heavy atom. The Morgan fingerprint density at radius 3 is 2.75 bits per heavy atom. The van der Waals surface area contributed by atoms with Crippen molar-refractivity contribution in [1.82, 2.24) is 5.32 Å². The molecule has 104 valence electrons. The molecule has 0 bridgehead atoms. The summed E-state index contributed by atoms with van der Waals surface area (Å²) in [5.41, 5.74) is 1.73. The molecule has 2 aromatic rings. The molecule has 0 atom stereocenters. The highest BCUT2D eigenvalue weighted by Gasteiger charge is 2.08. The van der Waals surface area contributed by atoms with Gasteiger partial charge in [-0.2, -0.15) is 0 Å². The quantitative estimate of drug-likeness (QED) is 0.804. The first-order chi connectivity index (χ1) is 9.70. The van der Waals surface area contributed by atoms with E-state index in [4.69, 9.17) is 4.74 Å². The Kier molecular flexibility index (Phi) is 5.40. The van der Waals surface area contributed by atoms with E-state index in [1.165, 1.54) is 0 Å². The van der Waals surface area contributed by atoms with Crippen molar-refractivity contribution in [2.75, 3.05) is 6.61 Å². The van der Waals surface area contributed by atoms with E-state index in [-0.39, 0.29) is 5.91 Å². The van der Waals surface area contributed by atoms with Crippen molar-refractivity contribution < 1.29 is 9.53 Å². The summed E-state index contributed by atoms with van der Waals surface area (Å²) >= 11 is 2.17. The summed E-state index contributed by atoms with van der Waals surface area (Å²) < 4.78 is 6.39. The van der Waals surface area contributed by atoms with Crippen LogP contribution in [0.4, 0.5) is 0 Å². The Morgan fingerprint density at radius 1 is 1.20 bits per heavy atom. The number of ether oxygens (including phenoxy) is 1. The molecule has 0 aromatic heterocycles. The summed E-state index contributed by atoms with van der Waals surface area (Å²) in [4.78, 5) is 12.1. The molecule has 3 nitrogen and oxygen atoms in total. The van der Waals surface area contributed by atoms with Gasteiger partial charge in [-0.05, 0) is 59.3 Å². The van der Waals surface area contributed by atoms with Gasteiger partial charge >= 0.3 is 0 Å². The molecule has 20 heavy (non-hydrogen) atoms. The van der Waals surface area contributed by atoms with Gasteiger partial charge < -0.3 is 10.1 Å². The van der Waals surface area contributed by atoms with E-state index in [1.807, 2.05) is 55.5 Å². The van der Waals surface area contributed by atoms with E-state index in [9.17, 15) is 4.79 Å². The maximum atomic E-state index is 12.1. The highest BCUT2D eigenvalue weighted by atomic mass is 127. The van der Waals surface area contributed by atoms with Crippen LogP contribution in [0.25, 0.3) is 0 Å². The fourth-order valence-corrected chi connectivity index (χ4v) is 2.47. The van der Waals surface area contributed by atoms with Gasteiger partial charge in [0.15, 0.2) is 0 Å². The number of halogens is 1. The topological polar surface area (TPSA) is 38.3 Å². The minimum absolute atomic E-state index is 0.0585. The lowest BCUT2D eigenvalue weighted by Crippen LogP contribution is -2.23. The fraction of sp³-hybridized carbons (Fsp3) is 0.188. The monoisotopic (exact) mass is 381 g/mol. The fourth-order valence-electron chi connectivity index (χ4n) is 1.83. The number of nitrogens with one attached hydrogen (secondary N) is 1. The number of carbonyl (C=O) groups is 1. The Balaban J connectivity index is 2.00. The van der Waals surface area contributed by atoms with E-state index in [2.05, 4.69) is 27.9 Å². The minimum atomic E-state index is -0.0585. The van der Waals surface area contributed by atoms with Crippen LogP contribution in [0.2, 0.25) is 0 Å². The molecule has 2 aromatic carbocycles. The maximum Gasteiger partial charge on any atom is 0.252 e. The lowest BCUT2D eigenvalue weighted by Gasteiger charge is -2.08. The summed E-state index contributed by atoms with van der Waals surface area (Å²) in [7, 11) is 0. The number of amides is 1. The molecule has 0 aliphatic heterocycles. The van der Waals surface area contributed by atoms with Crippen LogP contribution >= 0.6 is 22.6 Å². The van der Waals surface area contributed by atoms with E-state index in [0.717, 1.165) is 14.9 Å². The van der Waals surface area contributed by atoms with E-state index in [0.29, 0.717) is 18.7 Å². The zero-order valence-corrected chi connectivity index (χ0v) is 13.4. The predicted molar refractivity (Wildman–Crippen MR) is 87.9 cm³/mol. The molecule has 0 aliphatic carbocycles. The highest BCUT2D eigenvalue weighted by Crippen LogP contribution is 2.14. The molecule has 0 spiro atoms. The molecule has 0 radical (unpaired) electrons. The molecule has 4 heteroatoms. The third-order valence-corrected chi connectivity index (χ3v) is 3.72. The van der Waals surface area contributed by atoms with E-state index in [1.54, 1.807) is 0 Å². The summed E-state index contributed by atoms with van der Waals surface area (Å²) in [6.45, 7) is 3.08. The highest BCUT2D eigenvalue weighted by molar-refractivity contribution is 14.1. The molecule has 0 unspecified atom stereocenters. The van der Waals surface area contributed by atoms with Crippen molar-refractivity contribution in [3.8, 4) is 5.75 Å². The molecule has 0 aliphatic rings. The first kappa shape index (κ1) is 14.8. The van der Waals surface area contributed by atoms with Crippen LogP contribution < -0.4 is 10.1 Å². The summed E-state index contributed by atoms with van der Waals surface area (Å²) in [6.07, 6.45) is 0. The average molecular weight is 381 g/mol. The normalized spacial score (nSPS) is 10.1. The number of rotatable bonds is 5. The second-order valence-corrected chi connectivity index (χ2v) is 5.41. The molecular formula is C16H16INO2. The van der Waals surface area contributed by atoms with Gasteiger partial charge in [-0.25, -0.2) is 0 Å². The van der Waals surface area contributed by atoms with Gasteiger partial charge in [0.1, 0.15) is 5.75 Å². The van der Waals surface area contributed by atoms with Crippen molar-refractivity contribution >= 4 is 28.5 Å². The van der Waals surface area contributed by atoms with Gasteiger partial charge in [-0.1, -0.05) is 24.3 Å². The zero-order chi connectivity index (χ0) is 14.4. The van der Waals surface area contributed by atoms with Crippen molar-refractivity contribution in [3.63, 3.8) is 0 Å². The molecule has 0 heterocycles.